The summed E-state index contributed by atoms with van der Waals surface area (Å²) in [7, 11) is 1.22. The molecule has 1 aromatic heterocycles. The van der Waals surface area contributed by atoms with Crippen molar-refractivity contribution in [2.45, 2.75) is 26.0 Å². The van der Waals surface area contributed by atoms with Gasteiger partial charge in [0.1, 0.15) is 11.6 Å². The van der Waals surface area contributed by atoms with E-state index in [0.29, 0.717) is 12.1 Å². The summed E-state index contributed by atoms with van der Waals surface area (Å²) in [6.45, 7) is 1.80. The quantitative estimate of drug-likeness (QED) is 0.729. The van der Waals surface area contributed by atoms with Crippen LogP contribution in [0.2, 0.25) is 5.02 Å². The van der Waals surface area contributed by atoms with E-state index >= 15 is 0 Å². The average molecular weight is 290 g/mol. The second-order valence-electron chi connectivity index (χ2n) is 3.85. The minimum absolute atomic E-state index is 0.0813. The summed E-state index contributed by atoms with van der Waals surface area (Å²) in [5.41, 5.74) is -0.275. The van der Waals surface area contributed by atoms with Crippen molar-refractivity contribution in [1.82, 2.24) is 9.78 Å². The Morgan fingerprint density at radius 2 is 2.37 bits per heavy atom. The van der Waals surface area contributed by atoms with Crippen LogP contribution >= 0.6 is 11.6 Å². The third kappa shape index (κ3) is 4.22. The maximum atomic E-state index is 11.8. The number of aromatic nitrogens is 2. The molecular formula is C11H16ClN3O4. The number of halogens is 1. The van der Waals surface area contributed by atoms with Gasteiger partial charge in [-0.25, -0.2) is 4.68 Å². The van der Waals surface area contributed by atoms with E-state index in [0.717, 1.165) is 4.68 Å². The van der Waals surface area contributed by atoms with Crippen LogP contribution in [0, 0.1) is 0 Å². The lowest BCUT2D eigenvalue weighted by molar-refractivity contribution is -0.141. The van der Waals surface area contributed by atoms with Crippen molar-refractivity contribution in [2.24, 2.45) is 0 Å². The fraction of sp³-hybridized carbons (Fsp3) is 0.545. The minimum atomic E-state index is -0.594. The zero-order valence-corrected chi connectivity index (χ0v) is 11.5. The van der Waals surface area contributed by atoms with Gasteiger partial charge in [-0.3, -0.25) is 9.59 Å². The fourth-order valence-corrected chi connectivity index (χ4v) is 1.47. The predicted molar refractivity (Wildman–Crippen MR) is 70.3 cm³/mol. The number of carbonyl (C=O) groups excluding carboxylic acids is 1. The number of anilines is 1. The Kier molecular flexibility index (Phi) is 5.78. The SMILES string of the molecule is CCC(O)CNc1cnn(CC(=O)OC)c(=O)c1Cl. The van der Waals surface area contributed by atoms with Crippen molar-refractivity contribution < 1.29 is 14.6 Å². The van der Waals surface area contributed by atoms with E-state index in [1.165, 1.54) is 13.3 Å². The molecule has 19 heavy (non-hydrogen) atoms. The van der Waals surface area contributed by atoms with Gasteiger partial charge in [0.15, 0.2) is 0 Å². The van der Waals surface area contributed by atoms with Gasteiger partial charge < -0.3 is 15.2 Å². The molecule has 0 aliphatic heterocycles. The average Bonchev–Trinajstić information content (AvgIpc) is 2.42. The number of esters is 1. The lowest BCUT2D eigenvalue weighted by atomic mass is 10.3. The van der Waals surface area contributed by atoms with E-state index in [2.05, 4.69) is 15.2 Å². The smallest absolute Gasteiger partial charge is 0.327 e. The number of nitrogens with zero attached hydrogens (tertiary/aromatic N) is 2. The molecule has 1 aromatic rings. The Morgan fingerprint density at radius 3 is 2.95 bits per heavy atom. The van der Waals surface area contributed by atoms with Crippen LogP contribution in [0.15, 0.2) is 11.0 Å². The first kappa shape index (κ1) is 15.5. The van der Waals surface area contributed by atoms with Crippen molar-refractivity contribution >= 4 is 23.3 Å². The second-order valence-corrected chi connectivity index (χ2v) is 4.23. The third-order valence-corrected chi connectivity index (χ3v) is 2.86. The molecule has 2 N–H and O–H groups in total. The molecule has 106 valence electrons. The summed E-state index contributed by atoms with van der Waals surface area (Å²) < 4.78 is 5.35. The largest absolute Gasteiger partial charge is 0.468 e. The Balaban J connectivity index is 2.85. The van der Waals surface area contributed by atoms with E-state index < -0.39 is 17.6 Å². The molecular weight excluding hydrogens is 274 g/mol. The van der Waals surface area contributed by atoms with E-state index in [4.69, 9.17) is 11.6 Å². The van der Waals surface area contributed by atoms with Crippen LogP contribution in [-0.4, -0.2) is 40.6 Å². The summed E-state index contributed by atoms with van der Waals surface area (Å²) in [5.74, 6) is -0.590. The maximum absolute atomic E-state index is 11.8. The first-order chi connectivity index (χ1) is 8.99. The molecule has 0 aliphatic carbocycles. The highest BCUT2D eigenvalue weighted by Gasteiger charge is 2.12. The molecule has 1 heterocycles. The summed E-state index contributed by atoms with van der Waals surface area (Å²) in [6, 6.07) is 0. The van der Waals surface area contributed by atoms with Crippen molar-refractivity contribution in [3.05, 3.63) is 21.6 Å². The number of hydrogen-bond acceptors (Lipinski definition) is 6. The number of aliphatic hydroxyl groups excluding tert-OH is 1. The molecule has 0 aliphatic rings. The molecule has 0 saturated heterocycles. The number of methoxy groups -OCH3 is 1. The van der Waals surface area contributed by atoms with E-state index in [-0.39, 0.29) is 18.1 Å². The summed E-state index contributed by atoms with van der Waals surface area (Å²) >= 11 is 5.88. The lowest BCUT2D eigenvalue weighted by Gasteiger charge is -2.12. The van der Waals surface area contributed by atoms with E-state index in [1.807, 2.05) is 6.92 Å². The monoisotopic (exact) mass is 289 g/mol. The van der Waals surface area contributed by atoms with Crippen LogP contribution in [-0.2, 0) is 16.1 Å². The first-order valence-corrected chi connectivity index (χ1v) is 6.11. The number of ether oxygens (including phenoxy) is 1. The Bertz CT molecular complexity index is 503. The number of aliphatic hydroxyl groups is 1. The van der Waals surface area contributed by atoms with Gasteiger partial charge in [0.05, 0.1) is 25.1 Å². The Hall–Kier alpha value is -1.60. The van der Waals surface area contributed by atoms with Crippen molar-refractivity contribution in [2.75, 3.05) is 19.0 Å². The molecule has 0 spiro atoms. The molecule has 1 atom stereocenters. The summed E-state index contributed by atoms with van der Waals surface area (Å²) in [5, 5.41) is 16.0. The van der Waals surface area contributed by atoms with E-state index in [9.17, 15) is 14.7 Å². The number of hydrogen-bond donors (Lipinski definition) is 2. The van der Waals surface area contributed by atoms with Gasteiger partial charge in [-0.15, -0.1) is 0 Å². The van der Waals surface area contributed by atoms with Crippen molar-refractivity contribution in [3.8, 4) is 0 Å². The summed E-state index contributed by atoms with van der Waals surface area (Å²) in [6.07, 6.45) is 1.38. The zero-order valence-electron chi connectivity index (χ0n) is 10.7. The van der Waals surface area contributed by atoms with Gasteiger partial charge in [-0.2, -0.15) is 5.10 Å². The maximum Gasteiger partial charge on any atom is 0.327 e. The fourth-order valence-electron chi connectivity index (χ4n) is 1.26. The van der Waals surface area contributed by atoms with Crippen molar-refractivity contribution in [3.63, 3.8) is 0 Å². The highest BCUT2D eigenvalue weighted by Crippen LogP contribution is 2.15. The third-order valence-electron chi connectivity index (χ3n) is 2.49. The molecule has 1 rings (SSSR count). The van der Waals surface area contributed by atoms with Gasteiger partial charge in [-0.1, -0.05) is 18.5 Å². The Morgan fingerprint density at radius 1 is 1.68 bits per heavy atom. The van der Waals surface area contributed by atoms with Crippen LogP contribution in [0.5, 0.6) is 0 Å². The minimum Gasteiger partial charge on any atom is -0.468 e. The molecule has 0 aromatic carbocycles. The van der Waals surface area contributed by atoms with Gasteiger partial charge in [0, 0.05) is 6.54 Å². The highest BCUT2D eigenvalue weighted by molar-refractivity contribution is 6.32. The molecule has 8 heteroatoms. The molecule has 1 unspecified atom stereocenters. The molecule has 0 saturated carbocycles. The predicted octanol–water partition coefficient (Wildman–Crippen LogP) is 0.252. The number of carbonyl (C=O) groups is 1. The standard InChI is InChI=1S/C11H16ClN3O4/c1-3-7(16)4-13-8-5-14-15(6-9(17)19-2)11(18)10(8)12/h5,7,13,16H,3-4,6H2,1-2H3. The van der Waals surface area contributed by atoms with Gasteiger partial charge in [0.2, 0.25) is 0 Å². The molecule has 0 amide bonds. The normalized spacial score (nSPS) is 12.0. The van der Waals surface area contributed by atoms with E-state index in [1.54, 1.807) is 0 Å². The van der Waals surface area contributed by atoms with Crippen LogP contribution in [0.4, 0.5) is 5.69 Å². The summed E-state index contributed by atoms with van der Waals surface area (Å²) in [4.78, 5) is 22.9. The molecule has 0 fully saturated rings. The lowest BCUT2D eigenvalue weighted by Crippen LogP contribution is -2.29. The molecule has 7 nitrogen and oxygen atoms in total. The molecule has 0 bridgehead atoms. The van der Waals surface area contributed by atoms with Crippen LogP contribution in [0.1, 0.15) is 13.3 Å². The van der Waals surface area contributed by atoms with Crippen LogP contribution in [0.3, 0.4) is 0 Å². The second kappa shape index (κ2) is 7.10. The van der Waals surface area contributed by atoms with Crippen molar-refractivity contribution in [1.29, 1.82) is 0 Å². The van der Waals surface area contributed by atoms with Crippen LogP contribution in [0.25, 0.3) is 0 Å². The van der Waals surface area contributed by atoms with Gasteiger partial charge in [-0.05, 0) is 6.42 Å². The molecule has 0 radical (unpaired) electrons. The zero-order chi connectivity index (χ0) is 14.4. The van der Waals surface area contributed by atoms with Gasteiger partial charge in [0.25, 0.3) is 5.56 Å². The Labute approximate surface area is 115 Å². The first-order valence-electron chi connectivity index (χ1n) is 5.74. The topological polar surface area (TPSA) is 93.5 Å². The highest BCUT2D eigenvalue weighted by atomic mass is 35.5. The van der Waals surface area contributed by atoms with Gasteiger partial charge >= 0.3 is 5.97 Å². The number of nitrogens with one attached hydrogen (secondary N) is 1. The van der Waals surface area contributed by atoms with Crippen LogP contribution < -0.4 is 10.9 Å². The number of rotatable bonds is 6.